The zero-order valence-corrected chi connectivity index (χ0v) is 38.4. The summed E-state index contributed by atoms with van der Waals surface area (Å²) in [6.45, 7) is 6.62. The van der Waals surface area contributed by atoms with Gasteiger partial charge in [-0.1, -0.05) is 226 Å². The molecule has 0 aromatic rings. The smallest absolute Gasteiger partial charge is 0.306 e. The molecule has 0 aliphatic carbocycles. The third-order valence-electron chi connectivity index (χ3n) is 11.3. The SMILES string of the molecule is CCCCCCCC/C=C\CCCCCCCCCCCC(=O)OCC(COC(=O)CCCCCCCCC)OC(=O)CCCCCCCCCCCCCCC. The van der Waals surface area contributed by atoms with E-state index in [1.54, 1.807) is 0 Å². The standard InChI is InChI=1S/C51H96O6/c1-4-7-10-13-16-18-20-22-23-24-25-26-27-29-30-32-35-38-41-44-50(53)56-47-48(46-55-49(52)43-40-37-34-15-12-9-6-3)57-51(54)45-42-39-36-33-31-28-21-19-17-14-11-8-5-2/h22-23,48H,4-21,24-47H2,1-3H3/b23-22-. The second-order valence-electron chi connectivity index (χ2n) is 17.1. The molecular weight excluding hydrogens is 709 g/mol. The average Bonchev–Trinajstić information content (AvgIpc) is 3.21. The van der Waals surface area contributed by atoms with E-state index in [0.717, 1.165) is 57.8 Å². The van der Waals surface area contributed by atoms with Gasteiger partial charge in [0, 0.05) is 19.3 Å². The van der Waals surface area contributed by atoms with Crippen LogP contribution in [0.5, 0.6) is 0 Å². The number of allylic oxidation sites excluding steroid dienone is 2. The first kappa shape index (κ1) is 55.2. The number of ether oxygens (including phenoxy) is 3. The van der Waals surface area contributed by atoms with E-state index in [1.165, 1.54) is 180 Å². The monoisotopic (exact) mass is 805 g/mol. The number of hydrogen-bond acceptors (Lipinski definition) is 6. The van der Waals surface area contributed by atoms with Crippen molar-refractivity contribution in [2.24, 2.45) is 0 Å². The van der Waals surface area contributed by atoms with Crippen LogP contribution in [0.1, 0.15) is 278 Å². The largest absolute Gasteiger partial charge is 0.462 e. The Kier molecular flexibility index (Phi) is 45.3. The van der Waals surface area contributed by atoms with Crippen LogP contribution in [-0.4, -0.2) is 37.2 Å². The Morgan fingerprint density at radius 2 is 0.579 bits per heavy atom. The van der Waals surface area contributed by atoms with Crippen LogP contribution >= 0.6 is 0 Å². The summed E-state index contributed by atoms with van der Waals surface area (Å²) in [7, 11) is 0. The average molecular weight is 805 g/mol. The van der Waals surface area contributed by atoms with E-state index in [9.17, 15) is 14.4 Å². The lowest BCUT2D eigenvalue weighted by Crippen LogP contribution is -2.30. The van der Waals surface area contributed by atoms with Gasteiger partial charge in [0.1, 0.15) is 13.2 Å². The van der Waals surface area contributed by atoms with Crippen LogP contribution in [0.15, 0.2) is 12.2 Å². The lowest BCUT2D eigenvalue weighted by molar-refractivity contribution is -0.167. The van der Waals surface area contributed by atoms with Crippen molar-refractivity contribution >= 4 is 17.9 Å². The normalized spacial score (nSPS) is 12.0. The first-order valence-electron chi connectivity index (χ1n) is 25.2. The number of esters is 3. The van der Waals surface area contributed by atoms with Crippen molar-refractivity contribution in [1.82, 2.24) is 0 Å². The van der Waals surface area contributed by atoms with Crippen LogP contribution in [0, 0.1) is 0 Å². The maximum absolute atomic E-state index is 12.7. The minimum Gasteiger partial charge on any atom is -0.462 e. The minimum absolute atomic E-state index is 0.0666. The van der Waals surface area contributed by atoms with Gasteiger partial charge < -0.3 is 14.2 Å². The fourth-order valence-corrected chi connectivity index (χ4v) is 7.44. The number of carbonyl (C=O) groups excluding carboxylic acids is 3. The summed E-state index contributed by atoms with van der Waals surface area (Å²) in [6, 6.07) is 0. The van der Waals surface area contributed by atoms with E-state index in [1.807, 2.05) is 0 Å². The highest BCUT2D eigenvalue weighted by atomic mass is 16.6. The van der Waals surface area contributed by atoms with Crippen LogP contribution in [0.4, 0.5) is 0 Å². The van der Waals surface area contributed by atoms with E-state index in [0.29, 0.717) is 19.3 Å². The van der Waals surface area contributed by atoms with Gasteiger partial charge in [-0.15, -0.1) is 0 Å². The summed E-state index contributed by atoms with van der Waals surface area (Å²) in [6.07, 6.45) is 50.7. The topological polar surface area (TPSA) is 78.9 Å². The van der Waals surface area contributed by atoms with E-state index in [4.69, 9.17) is 14.2 Å². The van der Waals surface area contributed by atoms with Crippen LogP contribution in [0.3, 0.4) is 0 Å². The molecule has 57 heavy (non-hydrogen) atoms. The Balaban J connectivity index is 4.19. The molecule has 6 heteroatoms. The van der Waals surface area contributed by atoms with Crippen molar-refractivity contribution in [3.05, 3.63) is 12.2 Å². The highest BCUT2D eigenvalue weighted by Gasteiger charge is 2.19. The molecule has 0 aliphatic rings. The van der Waals surface area contributed by atoms with Crippen molar-refractivity contribution in [3.8, 4) is 0 Å². The van der Waals surface area contributed by atoms with Gasteiger partial charge in [0.2, 0.25) is 0 Å². The van der Waals surface area contributed by atoms with E-state index >= 15 is 0 Å². The molecule has 1 atom stereocenters. The third-order valence-corrected chi connectivity index (χ3v) is 11.3. The molecule has 0 aromatic heterocycles. The number of unbranched alkanes of at least 4 members (excludes halogenated alkanes) is 33. The van der Waals surface area contributed by atoms with Crippen molar-refractivity contribution in [1.29, 1.82) is 0 Å². The molecule has 6 nitrogen and oxygen atoms in total. The van der Waals surface area contributed by atoms with Gasteiger partial charge in [0.25, 0.3) is 0 Å². The summed E-state index contributed by atoms with van der Waals surface area (Å²) in [5.41, 5.74) is 0. The Bertz CT molecular complexity index is 885. The van der Waals surface area contributed by atoms with Gasteiger partial charge in [-0.3, -0.25) is 14.4 Å². The van der Waals surface area contributed by atoms with Gasteiger partial charge in [-0.2, -0.15) is 0 Å². The van der Waals surface area contributed by atoms with Crippen molar-refractivity contribution in [2.45, 2.75) is 284 Å². The predicted molar refractivity (Wildman–Crippen MR) is 243 cm³/mol. The minimum atomic E-state index is -0.762. The van der Waals surface area contributed by atoms with Crippen molar-refractivity contribution in [2.75, 3.05) is 13.2 Å². The summed E-state index contributed by atoms with van der Waals surface area (Å²) >= 11 is 0. The zero-order valence-electron chi connectivity index (χ0n) is 38.4. The molecule has 0 amide bonds. The van der Waals surface area contributed by atoms with Crippen LogP contribution < -0.4 is 0 Å². The van der Waals surface area contributed by atoms with E-state index in [2.05, 4.69) is 32.9 Å². The first-order valence-corrected chi connectivity index (χ1v) is 25.2. The fourth-order valence-electron chi connectivity index (χ4n) is 7.44. The molecule has 0 aliphatic heterocycles. The number of hydrogen-bond donors (Lipinski definition) is 0. The van der Waals surface area contributed by atoms with Gasteiger partial charge in [0.15, 0.2) is 6.10 Å². The summed E-state index contributed by atoms with van der Waals surface area (Å²) in [5, 5.41) is 0. The van der Waals surface area contributed by atoms with Crippen molar-refractivity contribution < 1.29 is 28.6 Å². The van der Waals surface area contributed by atoms with Gasteiger partial charge in [-0.25, -0.2) is 0 Å². The Labute approximate surface area is 354 Å². The lowest BCUT2D eigenvalue weighted by Gasteiger charge is -2.18. The van der Waals surface area contributed by atoms with Gasteiger partial charge >= 0.3 is 17.9 Å². The second kappa shape index (κ2) is 46.8. The molecule has 0 saturated carbocycles. The molecule has 1 unspecified atom stereocenters. The molecule has 0 fully saturated rings. The van der Waals surface area contributed by atoms with E-state index < -0.39 is 6.10 Å². The summed E-state index contributed by atoms with van der Waals surface area (Å²) in [5.74, 6) is -0.862. The maximum atomic E-state index is 12.7. The Morgan fingerprint density at radius 3 is 0.877 bits per heavy atom. The molecule has 336 valence electrons. The van der Waals surface area contributed by atoms with Crippen LogP contribution in [0.25, 0.3) is 0 Å². The fraction of sp³-hybridized carbons (Fsp3) is 0.902. The third kappa shape index (κ3) is 45.1. The number of rotatable bonds is 46. The molecule has 0 heterocycles. The molecular formula is C51H96O6. The lowest BCUT2D eigenvalue weighted by atomic mass is 10.0. The Hall–Kier alpha value is -1.85. The quantitative estimate of drug-likeness (QED) is 0.0264. The highest BCUT2D eigenvalue weighted by Crippen LogP contribution is 2.16. The Morgan fingerprint density at radius 1 is 0.333 bits per heavy atom. The molecule has 0 radical (unpaired) electrons. The molecule has 0 saturated heterocycles. The molecule has 0 rings (SSSR count). The highest BCUT2D eigenvalue weighted by molar-refractivity contribution is 5.71. The van der Waals surface area contributed by atoms with Crippen LogP contribution in [0.2, 0.25) is 0 Å². The molecule has 0 spiro atoms. The molecule has 0 N–H and O–H groups in total. The van der Waals surface area contributed by atoms with Crippen LogP contribution in [-0.2, 0) is 28.6 Å². The molecule has 0 bridgehead atoms. The maximum Gasteiger partial charge on any atom is 0.306 e. The predicted octanol–water partition coefficient (Wildman–Crippen LogP) is 16.2. The number of carbonyl (C=O) groups is 3. The molecule has 0 aromatic carbocycles. The zero-order chi connectivity index (χ0) is 41.5. The van der Waals surface area contributed by atoms with Gasteiger partial charge in [0.05, 0.1) is 0 Å². The summed E-state index contributed by atoms with van der Waals surface area (Å²) in [4.78, 5) is 37.7. The van der Waals surface area contributed by atoms with Crippen molar-refractivity contribution in [3.63, 3.8) is 0 Å². The van der Waals surface area contributed by atoms with Gasteiger partial charge in [-0.05, 0) is 44.9 Å². The first-order chi connectivity index (χ1) is 28.0. The second-order valence-corrected chi connectivity index (χ2v) is 17.1. The van der Waals surface area contributed by atoms with E-state index in [-0.39, 0.29) is 31.1 Å². The summed E-state index contributed by atoms with van der Waals surface area (Å²) < 4.78 is 16.7.